The van der Waals surface area contributed by atoms with E-state index in [4.69, 9.17) is 8.85 Å². The zero-order chi connectivity index (χ0) is 21.0. The minimum absolute atomic E-state index is 0.123. The zero-order valence-electron chi connectivity index (χ0n) is 19.5. The van der Waals surface area contributed by atoms with Crippen LogP contribution in [0.5, 0.6) is 0 Å². The van der Waals surface area contributed by atoms with E-state index in [1.54, 1.807) is 0 Å². The molecule has 154 valence electrons. The first-order valence-corrected chi connectivity index (χ1v) is 15.8. The van der Waals surface area contributed by atoms with Crippen LogP contribution < -0.4 is 0 Å². The molecule has 0 rings (SSSR count). The predicted octanol–water partition coefficient (Wildman–Crippen LogP) is 6.71. The molecule has 0 spiro atoms. The monoisotopic (exact) mass is 400 g/mol. The first-order valence-electron chi connectivity index (χ1n) is 9.94. The van der Waals surface area contributed by atoms with E-state index < -0.39 is 16.6 Å². The first-order chi connectivity index (χ1) is 11.4. The topological polar surface area (TPSA) is 35.5 Å². The maximum absolute atomic E-state index is 12.1. The Bertz CT molecular complexity index is 494. The fraction of sp³-hybridized carbons (Fsp3) is 0.857. The van der Waals surface area contributed by atoms with Gasteiger partial charge >= 0.3 is 0 Å². The molecule has 0 radical (unpaired) electrons. The van der Waals surface area contributed by atoms with Gasteiger partial charge in [-0.15, -0.1) is 0 Å². The largest absolute Gasteiger partial charge is 0.413 e. The average Bonchev–Trinajstić information content (AvgIpc) is 2.43. The lowest BCUT2D eigenvalue weighted by Crippen LogP contribution is -2.44. The summed E-state index contributed by atoms with van der Waals surface area (Å²) >= 11 is 0. The van der Waals surface area contributed by atoms with Crippen molar-refractivity contribution in [1.29, 1.82) is 0 Å². The molecule has 0 heterocycles. The Morgan fingerprint density at radius 1 is 0.962 bits per heavy atom. The molecule has 0 fully saturated rings. The van der Waals surface area contributed by atoms with Crippen LogP contribution >= 0.6 is 0 Å². The van der Waals surface area contributed by atoms with E-state index >= 15 is 0 Å². The molecule has 0 aromatic rings. The van der Waals surface area contributed by atoms with Crippen molar-refractivity contribution >= 4 is 22.4 Å². The molecule has 0 N–H and O–H groups in total. The Balaban J connectivity index is 5.28. The molecule has 26 heavy (non-hydrogen) atoms. The third-order valence-corrected chi connectivity index (χ3v) is 15.2. The number of Topliss-reactive ketones (excluding diaryl/α,β-unsaturated/α-hetero) is 1. The van der Waals surface area contributed by atoms with Gasteiger partial charge in [-0.25, -0.2) is 0 Å². The minimum Gasteiger partial charge on any atom is -0.413 e. The average molecular weight is 401 g/mol. The second-order valence-corrected chi connectivity index (χ2v) is 20.0. The fourth-order valence-electron chi connectivity index (χ4n) is 1.91. The van der Waals surface area contributed by atoms with Crippen LogP contribution in [0.25, 0.3) is 0 Å². The van der Waals surface area contributed by atoms with Gasteiger partial charge in [0.05, 0.1) is 12.7 Å². The Labute approximate surface area is 165 Å². The van der Waals surface area contributed by atoms with Gasteiger partial charge in [0.25, 0.3) is 0 Å². The second kappa shape index (κ2) is 9.31. The van der Waals surface area contributed by atoms with Gasteiger partial charge in [-0.1, -0.05) is 54.5 Å². The molecule has 0 saturated carbocycles. The molecule has 0 aromatic heterocycles. The van der Waals surface area contributed by atoms with Gasteiger partial charge in [0.15, 0.2) is 16.6 Å². The van der Waals surface area contributed by atoms with E-state index in [9.17, 15) is 4.79 Å². The van der Waals surface area contributed by atoms with E-state index in [-0.39, 0.29) is 22.0 Å². The highest BCUT2D eigenvalue weighted by atomic mass is 28.4. The SMILES string of the molecule is CCC(=O)C[C@H](O[Si](C)(C)C(C)(C)C)/C(C)=C/CO[Si](C)(C)C(C)(C)C. The van der Waals surface area contributed by atoms with Crippen LogP contribution in [0.1, 0.15) is 68.2 Å². The molecule has 0 aliphatic rings. The Kier molecular flexibility index (Phi) is 9.22. The maximum Gasteiger partial charge on any atom is 0.192 e. The summed E-state index contributed by atoms with van der Waals surface area (Å²) in [7, 11) is -3.71. The number of hydrogen-bond acceptors (Lipinski definition) is 3. The highest BCUT2D eigenvalue weighted by molar-refractivity contribution is 6.74. The summed E-state index contributed by atoms with van der Waals surface area (Å²) in [4.78, 5) is 12.1. The van der Waals surface area contributed by atoms with Gasteiger partial charge in [-0.2, -0.15) is 0 Å². The molecule has 0 aliphatic heterocycles. The fourth-order valence-corrected chi connectivity index (χ4v) is 4.18. The molecule has 0 amide bonds. The van der Waals surface area contributed by atoms with Crippen molar-refractivity contribution in [3.63, 3.8) is 0 Å². The molecule has 0 saturated heterocycles. The van der Waals surface area contributed by atoms with Crippen LogP contribution in [0.3, 0.4) is 0 Å². The van der Waals surface area contributed by atoms with Crippen LogP contribution in [0.2, 0.25) is 36.3 Å². The molecule has 5 heteroatoms. The summed E-state index contributed by atoms with van der Waals surface area (Å²) in [5, 5.41) is 0.322. The van der Waals surface area contributed by atoms with E-state index in [2.05, 4.69) is 80.7 Å². The minimum atomic E-state index is -1.94. The molecule has 1 atom stereocenters. The Morgan fingerprint density at radius 2 is 1.42 bits per heavy atom. The van der Waals surface area contributed by atoms with Gasteiger partial charge in [-0.05, 0) is 48.8 Å². The zero-order valence-corrected chi connectivity index (χ0v) is 21.5. The van der Waals surface area contributed by atoms with Crippen molar-refractivity contribution < 1.29 is 13.6 Å². The van der Waals surface area contributed by atoms with Crippen LogP contribution in [0.15, 0.2) is 11.6 Å². The summed E-state index contributed by atoms with van der Waals surface area (Å²) < 4.78 is 12.9. The van der Waals surface area contributed by atoms with Crippen LogP contribution in [-0.4, -0.2) is 35.1 Å². The van der Waals surface area contributed by atoms with Gasteiger partial charge in [-0.3, -0.25) is 4.79 Å². The second-order valence-electron chi connectivity index (χ2n) is 10.5. The van der Waals surface area contributed by atoms with E-state index in [1.807, 2.05) is 6.92 Å². The first kappa shape index (κ1) is 25.8. The van der Waals surface area contributed by atoms with Crippen molar-refractivity contribution in [3.8, 4) is 0 Å². The summed E-state index contributed by atoms with van der Waals surface area (Å²) in [6.07, 6.45) is 3.02. The van der Waals surface area contributed by atoms with Crippen LogP contribution in [-0.2, 0) is 13.6 Å². The van der Waals surface area contributed by atoms with Gasteiger partial charge in [0, 0.05) is 12.8 Å². The Morgan fingerprint density at radius 3 is 1.81 bits per heavy atom. The lowest BCUT2D eigenvalue weighted by Gasteiger charge is -2.39. The van der Waals surface area contributed by atoms with Crippen molar-refractivity contribution in [1.82, 2.24) is 0 Å². The smallest absolute Gasteiger partial charge is 0.192 e. The third-order valence-electron chi connectivity index (χ3n) is 6.21. The summed E-state index contributed by atoms with van der Waals surface area (Å²) in [6, 6.07) is 0. The van der Waals surface area contributed by atoms with Crippen LogP contribution in [0.4, 0.5) is 0 Å². The van der Waals surface area contributed by atoms with E-state index in [0.717, 1.165) is 5.57 Å². The molecular weight excluding hydrogens is 356 g/mol. The normalized spacial score (nSPS) is 15.9. The lowest BCUT2D eigenvalue weighted by atomic mass is 10.0. The molecule has 0 unspecified atom stereocenters. The number of ketones is 1. The predicted molar refractivity (Wildman–Crippen MR) is 119 cm³/mol. The van der Waals surface area contributed by atoms with Gasteiger partial charge in [0.2, 0.25) is 0 Å². The summed E-state index contributed by atoms with van der Waals surface area (Å²) in [6.45, 7) is 27.1. The van der Waals surface area contributed by atoms with Crippen molar-refractivity contribution in [2.45, 2.75) is 111 Å². The number of carbonyl (C=O) groups excluding carboxylic acids is 1. The molecular formula is C21H44O3Si2. The summed E-state index contributed by atoms with van der Waals surface area (Å²) in [5.41, 5.74) is 1.12. The highest BCUT2D eigenvalue weighted by Gasteiger charge is 2.40. The molecule has 0 aromatic carbocycles. The van der Waals surface area contributed by atoms with Crippen molar-refractivity contribution in [2.75, 3.05) is 6.61 Å². The third kappa shape index (κ3) is 7.79. The van der Waals surface area contributed by atoms with Crippen LogP contribution in [0, 0.1) is 0 Å². The van der Waals surface area contributed by atoms with E-state index in [1.165, 1.54) is 0 Å². The number of carbonyl (C=O) groups is 1. The van der Waals surface area contributed by atoms with E-state index in [0.29, 0.717) is 19.4 Å². The van der Waals surface area contributed by atoms with Crippen molar-refractivity contribution in [3.05, 3.63) is 11.6 Å². The quantitative estimate of drug-likeness (QED) is 0.318. The van der Waals surface area contributed by atoms with Gasteiger partial charge < -0.3 is 8.85 Å². The molecule has 0 aliphatic carbocycles. The molecule has 0 bridgehead atoms. The maximum atomic E-state index is 12.1. The van der Waals surface area contributed by atoms with Gasteiger partial charge in [0.1, 0.15) is 5.78 Å². The summed E-state index contributed by atoms with van der Waals surface area (Å²) in [5.74, 6) is 0.256. The number of rotatable bonds is 9. The van der Waals surface area contributed by atoms with Crippen molar-refractivity contribution in [2.24, 2.45) is 0 Å². The standard InChI is InChI=1S/C21H44O3Si2/c1-13-18(22)16-19(24-26(11,12)21(6,7)8)17(2)14-15-23-25(9,10)20(3,4)5/h14,19H,13,15-16H2,1-12H3/b17-14+/t19-/m0/s1. The molecule has 3 nitrogen and oxygen atoms in total. The lowest BCUT2D eigenvalue weighted by molar-refractivity contribution is -0.120. The Hall–Kier alpha value is -0.236. The highest BCUT2D eigenvalue weighted by Crippen LogP contribution is 2.39. The number of hydrogen-bond donors (Lipinski definition) is 0.